The van der Waals surface area contributed by atoms with E-state index >= 15 is 0 Å². The fraction of sp³-hybridized carbons (Fsp3) is 0.300. The van der Waals surface area contributed by atoms with E-state index in [0.29, 0.717) is 24.3 Å². The van der Waals surface area contributed by atoms with E-state index in [1.165, 1.54) is 12.1 Å². The van der Waals surface area contributed by atoms with Gasteiger partial charge in [0, 0.05) is 12.1 Å². The number of hydrogen-bond donors (Lipinski definition) is 0. The highest BCUT2D eigenvalue weighted by Gasteiger charge is 2.34. The molecule has 0 aliphatic carbocycles. The Labute approximate surface area is 146 Å². The molecule has 3 rings (SSSR count). The van der Waals surface area contributed by atoms with Crippen molar-refractivity contribution in [1.82, 2.24) is 4.90 Å². The van der Waals surface area contributed by atoms with Crippen LogP contribution in [0.15, 0.2) is 48.5 Å². The van der Waals surface area contributed by atoms with Gasteiger partial charge in [-0.25, -0.2) is 4.39 Å². The van der Waals surface area contributed by atoms with Crippen molar-refractivity contribution in [2.45, 2.75) is 25.3 Å². The molecule has 0 bridgehead atoms. The molecule has 4 nitrogen and oxygen atoms in total. The van der Waals surface area contributed by atoms with E-state index in [-0.39, 0.29) is 23.9 Å². The molecule has 1 atom stereocenters. The minimum absolute atomic E-state index is 0.0485. The number of halogens is 1. The van der Waals surface area contributed by atoms with Crippen LogP contribution in [0.5, 0.6) is 5.75 Å². The van der Waals surface area contributed by atoms with Crippen molar-refractivity contribution in [2.24, 2.45) is 0 Å². The Balaban J connectivity index is 1.71. The molecule has 1 unspecified atom stereocenters. The zero-order valence-corrected chi connectivity index (χ0v) is 14.1. The number of methoxy groups -OCH3 is 1. The quantitative estimate of drug-likeness (QED) is 0.784. The molecule has 2 aromatic carbocycles. The first kappa shape index (κ1) is 17.1. The maximum Gasteiger partial charge on any atom is 0.227 e. The van der Waals surface area contributed by atoms with Crippen molar-refractivity contribution in [3.05, 3.63) is 65.5 Å². The number of carbonyl (C=O) groups excluding carboxylic acids is 2. The van der Waals surface area contributed by atoms with Gasteiger partial charge in [0.2, 0.25) is 5.91 Å². The summed E-state index contributed by atoms with van der Waals surface area (Å²) in [5.41, 5.74) is 1.32. The number of likely N-dealkylation sites (tertiary alicyclic amines) is 1. The number of ether oxygens (including phenoxy) is 1. The predicted molar refractivity (Wildman–Crippen MR) is 92.2 cm³/mol. The third-order valence-electron chi connectivity index (χ3n) is 4.52. The molecule has 0 N–H and O–H groups in total. The molecule has 1 aliphatic heterocycles. The normalized spacial score (nSPS) is 16.7. The molecule has 5 heteroatoms. The minimum Gasteiger partial charge on any atom is -0.497 e. The first-order valence-corrected chi connectivity index (χ1v) is 8.30. The first-order valence-electron chi connectivity index (χ1n) is 8.30. The molecule has 2 aromatic rings. The molecule has 25 heavy (non-hydrogen) atoms. The van der Waals surface area contributed by atoms with Crippen LogP contribution in [-0.4, -0.2) is 36.3 Å². The second kappa shape index (κ2) is 7.47. The van der Waals surface area contributed by atoms with Crippen LogP contribution in [-0.2, 0) is 11.2 Å². The number of amides is 1. The Bertz CT molecular complexity index is 756. The molecule has 0 saturated carbocycles. The lowest BCUT2D eigenvalue weighted by Gasteiger charge is -2.24. The first-order chi connectivity index (χ1) is 12.1. The summed E-state index contributed by atoms with van der Waals surface area (Å²) in [6, 6.07) is 12.4. The Morgan fingerprint density at radius 3 is 2.44 bits per heavy atom. The zero-order chi connectivity index (χ0) is 17.8. The number of carbonyl (C=O) groups is 2. The van der Waals surface area contributed by atoms with Crippen molar-refractivity contribution in [2.75, 3.05) is 13.7 Å². The maximum absolute atomic E-state index is 13.0. The summed E-state index contributed by atoms with van der Waals surface area (Å²) in [5, 5.41) is 0. The molecular weight excluding hydrogens is 321 g/mol. The van der Waals surface area contributed by atoms with Crippen molar-refractivity contribution in [1.29, 1.82) is 0 Å². The van der Waals surface area contributed by atoms with Crippen LogP contribution in [0.1, 0.15) is 28.8 Å². The van der Waals surface area contributed by atoms with Crippen LogP contribution in [0.25, 0.3) is 0 Å². The maximum atomic E-state index is 13.0. The van der Waals surface area contributed by atoms with Gasteiger partial charge in [-0.05, 0) is 54.8 Å². The number of nitrogens with zero attached hydrogens (tertiary/aromatic N) is 1. The number of Topliss-reactive ketones (excluding diaryl/α,β-unsaturated/α-hetero) is 1. The van der Waals surface area contributed by atoms with Crippen LogP contribution >= 0.6 is 0 Å². The van der Waals surface area contributed by atoms with Crippen LogP contribution in [0.4, 0.5) is 4.39 Å². The lowest BCUT2D eigenvalue weighted by atomic mass is 10.0. The highest BCUT2D eigenvalue weighted by Crippen LogP contribution is 2.23. The summed E-state index contributed by atoms with van der Waals surface area (Å²) < 4.78 is 18.1. The third kappa shape index (κ3) is 3.87. The SMILES string of the molecule is COc1ccc(C(=O)C2CCCN2C(=O)Cc2ccc(F)cc2)cc1. The van der Waals surface area contributed by atoms with E-state index in [1.807, 2.05) is 0 Å². The molecule has 1 heterocycles. The summed E-state index contributed by atoms with van der Waals surface area (Å²) in [4.78, 5) is 27.0. The van der Waals surface area contributed by atoms with Gasteiger partial charge in [-0.2, -0.15) is 0 Å². The zero-order valence-electron chi connectivity index (χ0n) is 14.1. The van der Waals surface area contributed by atoms with Crippen LogP contribution < -0.4 is 4.74 Å². The predicted octanol–water partition coefficient (Wildman–Crippen LogP) is 3.25. The van der Waals surface area contributed by atoms with E-state index in [1.54, 1.807) is 48.4 Å². The summed E-state index contributed by atoms with van der Waals surface area (Å²) in [6.45, 7) is 0.576. The molecule has 1 fully saturated rings. The average Bonchev–Trinajstić information content (AvgIpc) is 3.13. The summed E-state index contributed by atoms with van der Waals surface area (Å²) in [6.07, 6.45) is 1.65. The Morgan fingerprint density at radius 1 is 1.12 bits per heavy atom. The van der Waals surface area contributed by atoms with E-state index in [2.05, 4.69) is 0 Å². The highest BCUT2D eigenvalue weighted by molar-refractivity contribution is 6.02. The smallest absolute Gasteiger partial charge is 0.227 e. The summed E-state index contributed by atoms with van der Waals surface area (Å²) >= 11 is 0. The highest BCUT2D eigenvalue weighted by atomic mass is 19.1. The topological polar surface area (TPSA) is 46.6 Å². The van der Waals surface area contributed by atoms with Crippen molar-refractivity contribution in [3.63, 3.8) is 0 Å². The summed E-state index contributed by atoms with van der Waals surface area (Å²) in [5.74, 6) is 0.209. The fourth-order valence-electron chi connectivity index (χ4n) is 3.16. The average molecular weight is 341 g/mol. The molecule has 0 radical (unpaired) electrons. The van der Waals surface area contributed by atoms with Gasteiger partial charge in [-0.15, -0.1) is 0 Å². The van der Waals surface area contributed by atoms with Crippen LogP contribution in [0.2, 0.25) is 0 Å². The second-order valence-electron chi connectivity index (χ2n) is 6.14. The molecule has 0 aromatic heterocycles. The van der Waals surface area contributed by atoms with Crippen LogP contribution in [0, 0.1) is 5.82 Å². The van der Waals surface area contributed by atoms with Gasteiger partial charge in [0.1, 0.15) is 11.6 Å². The molecule has 1 amide bonds. The van der Waals surface area contributed by atoms with E-state index < -0.39 is 6.04 Å². The Hall–Kier alpha value is -2.69. The largest absolute Gasteiger partial charge is 0.497 e. The van der Waals surface area contributed by atoms with Gasteiger partial charge >= 0.3 is 0 Å². The molecule has 0 spiro atoms. The molecule has 130 valence electrons. The van der Waals surface area contributed by atoms with Gasteiger partial charge in [-0.1, -0.05) is 12.1 Å². The van der Waals surface area contributed by atoms with Gasteiger partial charge in [-0.3, -0.25) is 9.59 Å². The molecule has 1 aliphatic rings. The monoisotopic (exact) mass is 341 g/mol. The number of rotatable bonds is 5. The lowest BCUT2D eigenvalue weighted by Crippen LogP contribution is -2.41. The Morgan fingerprint density at radius 2 is 1.80 bits per heavy atom. The van der Waals surface area contributed by atoms with Crippen molar-refractivity contribution >= 4 is 11.7 Å². The van der Waals surface area contributed by atoms with Crippen molar-refractivity contribution < 1.29 is 18.7 Å². The third-order valence-corrected chi connectivity index (χ3v) is 4.52. The van der Waals surface area contributed by atoms with Gasteiger partial charge in [0.05, 0.1) is 19.6 Å². The summed E-state index contributed by atoms with van der Waals surface area (Å²) in [7, 11) is 1.57. The van der Waals surface area contributed by atoms with Gasteiger partial charge < -0.3 is 9.64 Å². The molecule has 1 saturated heterocycles. The number of hydrogen-bond acceptors (Lipinski definition) is 3. The van der Waals surface area contributed by atoms with Crippen molar-refractivity contribution in [3.8, 4) is 5.75 Å². The van der Waals surface area contributed by atoms with Gasteiger partial charge in [0.15, 0.2) is 5.78 Å². The number of ketones is 1. The minimum atomic E-state index is -0.429. The second-order valence-corrected chi connectivity index (χ2v) is 6.14. The van der Waals surface area contributed by atoms with E-state index in [0.717, 1.165) is 12.0 Å². The fourth-order valence-corrected chi connectivity index (χ4v) is 3.16. The van der Waals surface area contributed by atoms with Crippen LogP contribution in [0.3, 0.4) is 0 Å². The molecular formula is C20H20FNO3. The number of benzene rings is 2. The van der Waals surface area contributed by atoms with E-state index in [9.17, 15) is 14.0 Å². The standard InChI is InChI=1S/C20H20FNO3/c1-25-17-10-6-15(7-11-17)20(24)18-3-2-12-22(18)19(23)13-14-4-8-16(21)9-5-14/h4-11,18H,2-3,12-13H2,1H3. The lowest BCUT2D eigenvalue weighted by molar-refractivity contribution is -0.130. The van der Waals surface area contributed by atoms with E-state index in [4.69, 9.17) is 4.74 Å². The Kier molecular flexibility index (Phi) is 5.12. The van der Waals surface area contributed by atoms with Gasteiger partial charge in [0.25, 0.3) is 0 Å².